The van der Waals surface area contributed by atoms with Gasteiger partial charge >= 0.3 is 0 Å². The first-order chi connectivity index (χ1) is 14.8. The summed E-state index contributed by atoms with van der Waals surface area (Å²) in [7, 11) is 0. The highest BCUT2D eigenvalue weighted by Gasteiger charge is 2.30. The molecular formula is C27H28N2O. The molecule has 0 aromatic heterocycles. The second-order valence-electron chi connectivity index (χ2n) is 8.48. The summed E-state index contributed by atoms with van der Waals surface area (Å²) in [4.78, 5) is 17.8. The number of fused-ring (bicyclic) bond motifs is 1. The minimum Gasteiger partial charge on any atom is -0.337 e. The lowest BCUT2D eigenvalue weighted by molar-refractivity contribution is 0.0549. The van der Waals surface area contributed by atoms with Crippen LogP contribution in [0.5, 0.6) is 0 Å². The highest BCUT2D eigenvalue weighted by atomic mass is 16.2. The molecule has 1 atom stereocenters. The smallest absolute Gasteiger partial charge is 0.253 e. The summed E-state index contributed by atoms with van der Waals surface area (Å²) < 4.78 is 0. The van der Waals surface area contributed by atoms with E-state index < -0.39 is 0 Å². The Morgan fingerprint density at radius 1 is 0.767 bits per heavy atom. The van der Waals surface area contributed by atoms with Crippen LogP contribution in [-0.4, -0.2) is 41.4 Å². The van der Waals surface area contributed by atoms with E-state index in [1.54, 1.807) is 0 Å². The van der Waals surface area contributed by atoms with Gasteiger partial charge in [-0.1, -0.05) is 66.7 Å². The molecule has 2 aliphatic rings. The first-order valence-corrected chi connectivity index (χ1v) is 11.0. The fourth-order valence-corrected chi connectivity index (χ4v) is 4.88. The molecule has 1 saturated heterocycles. The van der Waals surface area contributed by atoms with E-state index in [4.69, 9.17) is 0 Å². The van der Waals surface area contributed by atoms with Crippen molar-refractivity contribution in [1.29, 1.82) is 0 Å². The van der Waals surface area contributed by atoms with Gasteiger partial charge in [-0.3, -0.25) is 9.69 Å². The average Bonchev–Trinajstić information content (AvgIpc) is 2.84. The van der Waals surface area contributed by atoms with Gasteiger partial charge in [0.2, 0.25) is 0 Å². The summed E-state index contributed by atoms with van der Waals surface area (Å²) in [6.45, 7) is 3.80. The van der Waals surface area contributed by atoms with Crippen LogP contribution in [0.25, 0.3) is 11.1 Å². The Kier molecular flexibility index (Phi) is 5.37. The Hall–Kier alpha value is -2.91. The first kappa shape index (κ1) is 19.1. The maximum Gasteiger partial charge on any atom is 0.253 e. The van der Waals surface area contributed by atoms with Crippen LogP contribution in [0.2, 0.25) is 0 Å². The minimum absolute atomic E-state index is 0.164. The Morgan fingerprint density at radius 2 is 1.47 bits per heavy atom. The van der Waals surface area contributed by atoms with Crippen LogP contribution < -0.4 is 0 Å². The zero-order valence-corrected chi connectivity index (χ0v) is 17.3. The van der Waals surface area contributed by atoms with Gasteiger partial charge in [-0.25, -0.2) is 0 Å². The van der Waals surface area contributed by atoms with Crippen LogP contribution >= 0.6 is 0 Å². The van der Waals surface area contributed by atoms with Crippen molar-refractivity contribution >= 4 is 5.91 Å². The summed E-state index contributed by atoms with van der Waals surface area (Å²) in [6.07, 6.45) is 3.37. The molecule has 0 N–H and O–H groups in total. The molecule has 5 rings (SSSR count). The molecule has 2 aliphatic heterocycles. The van der Waals surface area contributed by atoms with E-state index in [1.165, 1.54) is 23.1 Å². The molecule has 1 amide bonds. The van der Waals surface area contributed by atoms with Crippen LogP contribution in [0.4, 0.5) is 0 Å². The predicted molar refractivity (Wildman–Crippen MR) is 121 cm³/mol. The fourth-order valence-electron chi connectivity index (χ4n) is 4.88. The Balaban J connectivity index is 1.26. The highest BCUT2D eigenvalue weighted by Crippen LogP contribution is 2.26. The third-order valence-electron chi connectivity index (χ3n) is 6.60. The quantitative estimate of drug-likeness (QED) is 0.621. The van der Waals surface area contributed by atoms with Gasteiger partial charge in [0.25, 0.3) is 5.91 Å². The zero-order valence-electron chi connectivity index (χ0n) is 17.3. The lowest BCUT2D eigenvalue weighted by atomic mass is 9.95. The summed E-state index contributed by atoms with van der Waals surface area (Å²) in [6, 6.07) is 27.6. The number of hydrogen-bond acceptors (Lipinski definition) is 2. The maximum absolute atomic E-state index is 13.2. The molecule has 0 radical (unpaired) electrons. The number of nitrogens with zero attached hydrogens (tertiary/aromatic N) is 2. The summed E-state index contributed by atoms with van der Waals surface area (Å²) in [5, 5.41) is 0. The topological polar surface area (TPSA) is 23.6 Å². The van der Waals surface area contributed by atoms with Gasteiger partial charge < -0.3 is 4.90 Å². The van der Waals surface area contributed by atoms with Gasteiger partial charge in [-0.05, 0) is 53.6 Å². The standard InChI is InChI=1S/C27H28N2O/c30-27(24-14-12-23(13-15-24)21-7-2-1-3-8-21)29-17-6-11-26(20-29)28-18-16-22-9-4-5-10-25(22)19-28/h1-5,7-10,12-15,26H,6,11,16-20H2/t26-/m0/s1. The Bertz CT molecular complexity index is 1010. The monoisotopic (exact) mass is 396 g/mol. The fraction of sp³-hybridized carbons (Fsp3) is 0.296. The second kappa shape index (κ2) is 8.45. The van der Waals surface area contributed by atoms with Gasteiger partial charge in [0.15, 0.2) is 0 Å². The van der Waals surface area contributed by atoms with Crippen LogP contribution in [-0.2, 0) is 13.0 Å². The van der Waals surface area contributed by atoms with E-state index in [9.17, 15) is 4.79 Å². The molecule has 1 fully saturated rings. The third-order valence-corrected chi connectivity index (χ3v) is 6.60. The van der Waals surface area contributed by atoms with Crippen molar-refractivity contribution in [3.05, 3.63) is 95.6 Å². The maximum atomic E-state index is 13.2. The molecule has 2 heterocycles. The SMILES string of the molecule is O=C(c1ccc(-c2ccccc2)cc1)N1CCC[C@H](N2CCc3ccccc3C2)C1. The van der Waals surface area contributed by atoms with Crippen molar-refractivity contribution in [1.82, 2.24) is 9.80 Å². The first-order valence-electron chi connectivity index (χ1n) is 11.0. The van der Waals surface area contributed by atoms with Gasteiger partial charge in [0.05, 0.1) is 0 Å². The molecule has 3 aromatic rings. The molecule has 3 nitrogen and oxygen atoms in total. The molecule has 3 heteroatoms. The average molecular weight is 397 g/mol. The van der Waals surface area contributed by atoms with Crippen LogP contribution in [0.15, 0.2) is 78.9 Å². The van der Waals surface area contributed by atoms with Crippen molar-refractivity contribution in [2.45, 2.75) is 31.8 Å². The number of carbonyl (C=O) groups is 1. The number of carbonyl (C=O) groups excluding carboxylic acids is 1. The second-order valence-corrected chi connectivity index (χ2v) is 8.48. The predicted octanol–water partition coefficient (Wildman–Crippen LogP) is 5.02. The normalized spacial score (nSPS) is 19.3. The Labute approximate surface area is 178 Å². The largest absolute Gasteiger partial charge is 0.337 e. The molecule has 0 saturated carbocycles. The van der Waals surface area contributed by atoms with Gasteiger partial charge in [-0.2, -0.15) is 0 Å². The van der Waals surface area contributed by atoms with E-state index in [-0.39, 0.29) is 5.91 Å². The molecule has 0 aliphatic carbocycles. The summed E-state index contributed by atoms with van der Waals surface area (Å²) >= 11 is 0. The van der Waals surface area contributed by atoms with Gasteiger partial charge in [0, 0.05) is 37.8 Å². The molecule has 0 unspecified atom stereocenters. The van der Waals surface area contributed by atoms with Crippen molar-refractivity contribution in [2.24, 2.45) is 0 Å². The number of hydrogen-bond donors (Lipinski definition) is 0. The van der Waals surface area contributed by atoms with Crippen LogP contribution in [0, 0.1) is 0 Å². The van der Waals surface area contributed by atoms with E-state index in [0.717, 1.165) is 50.1 Å². The molecule has 0 bridgehead atoms. The van der Waals surface area contributed by atoms with Crippen LogP contribution in [0.1, 0.15) is 34.3 Å². The molecule has 0 spiro atoms. The summed E-state index contributed by atoms with van der Waals surface area (Å²) in [5.41, 5.74) is 6.05. The lowest BCUT2D eigenvalue weighted by Crippen LogP contribution is -2.51. The van der Waals surface area contributed by atoms with Crippen molar-refractivity contribution in [2.75, 3.05) is 19.6 Å². The van der Waals surface area contributed by atoms with Crippen molar-refractivity contribution in [3.63, 3.8) is 0 Å². The van der Waals surface area contributed by atoms with Crippen molar-refractivity contribution < 1.29 is 4.79 Å². The molecule has 152 valence electrons. The Morgan fingerprint density at radius 3 is 2.27 bits per heavy atom. The summed E-state index contributed by atoms with van der Waals surface area (Å²) in [5.74, 6) is 0.164. The number of likely N-dealkylation sites (tertiary alicyclic amines) is 1. The lowest BCUT2D eigenvalue weighted by Gasteiger charge is -2.41. The number of rotatable bonds is 3. The minimum atomic E-state index is 0.164. The molecule has 3 aromatic carbocycles. The van der Waals surface area contributed by atoms with E-state index >= 15 is 0 Å². The van der Waals surface area contributed by atoms with Crippen molar-refractivity contribution in [3.8, 4) is 11.1 Å². The van der Waals surface area contributed by atoms with E-state index in [2.05, 4.69) is 58.3 Å². The van der Waals surface area contributed by atoms with E-state index in [1.807, 2.05) is 30.3 Å². The van der Waals surface area contributed by atoms with Crippen LogP contribution in [0.3, 0.4) is 0 Å². The third kappa shape index (κ3) is 3.90. The molecule has 30 heavy (non-hydrogen) atoms. The van der Waals surface area contributed by atoms with E-state index in [0.29, 0.717) is 6.04 Å². The van der Waals surface area contributed by atoms with Gasteiger partial charge in [-0.15, -0.1) is 0 Å². The highest BCUT2D eigenvalue weighted by molar-refractivity contribution is 5.94. The molecular weight excluding hydrogens is 368 g/mol. The number of piperidine rings is 1. The number of benzene rings is 3. The van der Waals surface area contributed by atoms with Gasteiger partial charge in [0.1, 0.15) is 0 Å². The number of amides is 1. The zero-order chi connectivity index (χ0) is 20.3.